The maximum Gasteiger partial charge on any atom is 0.310 e. The van der Waals surface area contributed by atoms with Gasteiger partial charge in [0, 0.05) is 5.56 Å². The fourth-order valence-electron chi connectivity index (χ4n) is 2.75. The average molecular weight is 439 g/mol. The molecule has 0 bridgehead atoms. The highest BCUT2D eigenvalue weighted by molar-refractivity contribution is 9.10. The van der Waals surface area contributed by atoms with Crippen molar-refractivity contribution in [2.75, 3.05) is 13.7 Å². The summed E-state index contributed by atoms with van der Waals surface area (Å²) in [7, 11) is 1.58. The number of carbonyl (C=O) groups is 2. The first-order valence-corrected chi connectivity index (χ1v) is 9.53. The van der Waals surface area contributed by atoms with Crippen molar-refractivity contribution in [3.05, 3.63) is 88.4 Å². The Kier molecular flexibility index (Phi) is 6.61. The van der Waals surface area contributed by atoms with Crippen molar-refractivity contribution in [2.45, 2.75) is 6.42 Å². The Hall–Kier alpha value is -2.92. The van der Waals surface area contributed by atoms with Crippen LogP contribution in [0, 0.1) is 0 Å². The molecule has 0 saturated carbocycles. The third kappa shape index (κ3) is 5.08. The minimum Gasteiger partial charge on any atom is -0.496 e. The van der Waals surface area contributed by atoms with Crippen LogP contribution >= 0.6 is 15.9 Å². The molecule has 28 heavy (non-hydrogen) atoms. The van der Waals surface area contributed by atoms with Crippen LogP contribution in [0.3, 0.4) is 0 Å². The van der Waals surface area contributed by atoms with Gasteiger partial charge in [-0.05, 0) is 44.8 Å². The fourth-order valence-corrected chi connectivity index (χ4v) is 3.33. The minimum absolute atomic E-state index is 0.0861. The standard InChI is InChI=1S/C23H19BrO4/c1-27-22-12-7-16(13-20(22)24)14-23(26)28-15-21(25)19-10-8-18(9-11-19)17-5-3-2-4-6-17/h2-13H,14-15H2,1H3. The molecule has 0 radical (unpaired) electrons. The van der Waals surface area contributed by atoms with Crippen molar-refractivity contribution >= 4 is 27.7 Å². The van der Waals surface area contributed by atoms with Gasteiger partial charge in [-0.3, -0.25) is 9.59 Å². The number of halogens is 1. The summed E-state index contributed by atoms with van der Waals surface area (Å²) in [6.07, 6.45) is 0.0861. The third-order valence-corrected chi connectivity index (χ3v) is 4.86. The van der Waals surface area contributed by atoms with Crippen LogP contribution in [0.5, 0.6) is 5.75 Å². The van der Waals surface area contributed by atoms with Gasteiger partial charge in [-0.1, -0.05) is 60.7 Å². The van der Waals surface area contributed by atoms with E-state index in [9.17, 15) is 9.59 Å². The molecule has 0 aliphatic heterocycles. The van der Waals surface area contributed by atoms with Crippen molar-refractivity contribution in [3.63, 3.8) is 0 Å². The van der Waals surface area contributed by atoms with Gasteiger partial charge in [0.05, 0.1) is 18.0 Å². The number of rotatable bonds is 7. The van der Waals surface area contributed by atoms with E-state index < -0.39 is 5.97 Å². The summed E-state index contributed by atoms with van der Waals surface area (Å²) in [6, 6.07) is 22.5. The van der Waals surface area contributed by atoms with Crippen LogP contribution in [0.25, 0.3) is 11.1 Å². The largest absolute Gasteiger partial charge is 0.496 e. The predicted molar refractivity (Wildman–Crippen MR) is 112 cm³/mol. The molecule has 0 spiro atoms. The second-order valence-corrected chi connectivity index (χ2v) is 7.03. The molecular weight excluding hydrogens is 420 g/mol. The number of ketones is 1. The summed E-state index contributed by atoms with van der Waals surface area (Å²) < 4.78 is 11.1. The maximum absolute atomic E-state index is 12.3. The highest BCUT2D eigenvalue weighted by Gasteiger charge is 2.12. The van der Waals surface area contributed by atoms with E-state index in [4.69, 9.17) is 9.47 Å². The fraction of sp³-hybridized carbons (Fsp3) is 0.130. The molecule has 0 aromatic heterocycles. The van der Waals surface area contributed by atoms with Gasteiger partial charge in [-0.25, -0.2) is 0 Å². The Labute approximate surface area is 172 Å². The lowest BCUT2D eigenvalue weighted by molar-refractivity contribution is -0.141. The van der Waals surface area contributed by atoms with Crippen LogP contribution in [0.4, 0.5) is 0 Å². The normalized spacial score (nSPS) is 10.4. The molecule has 0 unspecified atom stereocenters. The zero-order valence-corrected chi connectivity index (χ0v) is 16.9. The second-order valence-electron chi connectivity index (χ2n) is 6.17. The van der Waals surface area contributed by atoms with E-state index in [0.717, 1.165) is 21.2 Å². The van der Waals surface area contributed by atoms with E-state index in [1.54, 1.807) is 37.4 Å². The molecule has 0 N–H and O–H groups in total. The molecule has 4 nitrogen and oxygen atoms in total. The number of carbonyl (C=O) groups excluding carboxylic acids is 2. The first kappa shape index (κ1) is 19.8. The summed E-state index contributed by atoms with van der Waals surface area (Å²) in [5.41, 5.74) is 3.40. The topological polar surface area (TPSA) is 52.6 Å². The molecular formula is C23H19BrO4. The highest BCUT2D eigenvalue weighted by atomic mass is 79.9. The van der Waals surface area contributed by atoms with E-state index in [1.807, 2.05) is 42.5 Å². The maximum atomic E-state index is 12.3. The summed E-state index contributed by atoms with van der Waals surface area (Å²) in [6.45, 7) is -0.277. The van der Waals surface area contributed by atoms with E-state index in [0.29, 0.717) is 11.3 Å². The first-order chi connectivity index (χ1) is 13.6. The summed E-state index contributed by atoms with van der Waals surface area (Å²) in [5.74, 6) is 0.00133. The van der Waals surface area contributed by atoms with E-state index >= 15 is 0 Å². The van der Waals surface area contributed by atoms with Crippen LogP contribution in [0.15, 0.2) is 77.3 Å². The summed E-state index contributed by atoms with van der Waals surface area (Å²) in [4.78, 5) is 24.3. The number of Topliss-reactive ketones (excluding diaryl/α,β-unsaturated/α-hetero) is 1. The molecule has 0 atom stereocenters. The Morgan fingerprint density at radius 2 is 1.57 bits per heavy atom. The van der Waals surface area contributed by atoms with Crippen LogP contribution in [0.2, 0.25) is 0 Å². The van der Waals surface area contributed by atoms with Gasteiger partial charge in [-0.15, -0.1) is 0 Å². The average Bonchev–Trinajstić information content (AvgIpc) is 2.73. The Morgan fingerprint density at radius 1 is 0.893 bits per heavy atom. The van der Waals surface area contributed by atoms with Gasteiger partial charge in [0.15, 0.2) is 12.4 Å². The summed E-state index contributed by atoms with van der Waals surface area (Å²) in [5, 5.41) is 0. The lowest BCUT2D eigenvalue weighted by atomic mass is 10.0. The van der Waals surface area contributed by atoms with Gasteiger partial charge >= 0.3 is 5.97 Å². The van der Waals surface area contributed by atoms with Crippen LogP contribution in [-0.4, -0.2) is 25.5 Å². The molecule has 0 fully saturated rings. The zero-order chi connectivity index (χ0) is 19.9. The van der Waals surface area contributed by atoms with Crippen LogP contribution < -0.4 is 4.74 Å². The second kappa shape index (κ2) is 9.33. The molecule has 142 valence electrons. The number of esters is 1. The molecule has 5 heteroatoms. The number of hydrogen-bond donors (Lipinski definition) is 0. The molecule has 3 aromatic carbocycles. The number of hydrogen-bond acceptors (Lipinski definition) is 4. The quantitative estimate of drug-likeness (QED) is 0.380. The third-order valence-electron chi connectivity index (χ3n) is 4.24. The molecule has 0 heterocycles. The molecule has 0 aliphatic carbocycles. The zero-order valence-electron chi connectivity index (χ0n) is 15.4. The Morgan fingerprint density at radius 3 is 2.21 bits per heavy atom. The van der Waals surface area contributed by atoms with E-state index in [2.05, 4.69) is 15.9 Å². The van der Waals surface area contributed by atoms with Crippen molar-refractivity contribution < 1.29 is 19.1 Å². The SMILES string of the molecule is COc1ccc(CC(=O)OCC(=O)c2ccc(-c3ccccc3)cc2)cc1Br. The van der Waals surface area contributed by atoms with Crippen LogP contribution in [0.1, 0.15) is 15.9 Å². The monoisotopic (exact) mass is 438 g/mol. The molecule has 0 aliphatic rings. The van der Waals surface area contributed by atoms with E-state index in [1.165, 1.54) is 0 Å². The predicted octanol–water partition coefficient (Wildman–Crippen LogP) is 5.09. The molecule has 0 amide bonds. The molecule has 3 rings (SSSR count). The molecule has 3 aromatic rings. The van der Waals surface area contributed by atoms with Crippen molar-refractivity contribution in [2.24, 2.45) is 0 Å². The number of methoxy groups -OCH3 is 1. The summed E-state index contributed by atoms with van der Waals surface area (Å²) >= 11 is 3.38. The Balaban J connectivity index is 1.55. The van der Waals surface area contributed by atoms with Crippen molar-refractivity contribution in [1.82, 2.24) is 0 Å². The smallest absolute Gasteiger partial charge is 0.310 e. The first-order valence-electron chi connectivity index (χ1n) is 8.73. The van der Waals surface area contributed by atoms with Crippen molar-refractivity contribution in [3.8, 4) is 16.9 Å². The highest BCUT2D eigenvalue weighted by Crippen LogP contribution is 2.25. The Bertz CT molecular complexity index is 966. The minimum atomic E-state index is -0.452. The van der Waals surface area contributed by atoms with Crippen molar-refractivity contribution in [1.29, 1.82) is 0 Å². The lowest BCUT2D eigenvalue weighted by Gasteiger charge is -2.08. The number of benzene rings is 3. The van der Waals surface area contributed by atoms with Gasteiger partial charge < -0.3 is 9.47 Å². The van der Waals surface area contributed by atoms with Gasteiger partial charge in [0.1, 0.15) is 5.75 Å². The molecule has 0 saturated heterocycles. The lowest BCUT2D eigenvalue weighted by Crippen LogP contribution is -2.15. The van der Waals surface area contributed by atoms with Gasteiger partial charge in [0.2, 0.25) is 0 Å². The van der Waals surface area contributed by atoms with E-state index in [-0.39, 0.29) is 18.8 Å². The van der Waals surface area contributed by atoms with Crippen LogP contribution in [-0.2, 0) is 16.0 Å². The van der Waals surface area contributed by atoms with Gasteiger partial charge in [-0.2, -0.15) is 0 Å². The van der Waals surface area contributed by atoms with Gasteiger partial charge in [0.25, 0.3) is 0 Å². The number of ether oxygens (including phenoxy) is 2.